The van der Waals surface area contributed by atoms with Crippen LogP contribution in [-0.2, 0) is 23.4 Å². The van der Waals surface area contributed by atoms with Crippen LogP contribution in [0.2, 0.25) is 0 Å². The van der Waals surface area contributed by atoms with Crippen LogP contribution < -0.4 is 9.61 Å². The Labute approximate surface area is 147 Å². The molecule has 0 amide bonds. The summed E-state index contributed by atoms with van der Waals surface area (Å²) in [5.74, 6) is -0.248. The van der Waals surface area contributed by atoms with Gasteiger partial charge in [0.05, 0.1) is 19.3 Å². The molecule has 0 aromatic heterocycles. The first-order valence-electron chi connectivity index (χ1n) is 8.17. The van der Waals surface area contributed by atoms with E-state index >= 15 is 0 Å². The molecule has 1 heterocycles. The van der Waals surface area contributed by atoms with Gasteiger partial charge in [-0.05, 0) is 32.4 Å². The number of benzene rings is 1. The van der Waals surface area contributed by atoms with Crippen LogP contribution in [0.1, 0.15) is 20.3 Å². The highest BCUT2D eigenvalue weighted by Crippen LogP contribution is 2.45. The van der Waals surface area contributed by atoms with Gasteiger partial charge in [0.1, 0.15) is 17.9 Å². The monoisotopic (exact) mass is 373 g/mol. The van der Waals surface area contributed by atoms with Crippen molar-refractivity contribution in [3.8, 4) is 5.75 Å². The van der Waals surface area contributed by atoms with Crippen LogP contribution in [0, 0.1) is 0 Å². The minimum Gasteiger partial charge on any atom is -0.465 e. The SMILES string of the molecule is CCOC(=O)[C@H](C)NP(=O)(OC[C@H]1OCCC1O)Oc1ccccc1. The second kappa shape index (κ2) is 9.31. The molecule has 1 fully saturated rings. The van der Waals surface area contributed by atoms with Gasteiger partial charge >= 0.3 is 13.7 Å². The number of ether oxygens (including phenoxy) is 2. The fourth-order valence-corrected chi connectivity index (χ4v) is 3.74. The Morgan fingerprint density at radius 3 is 2.76 bits per heavy atom. The average molecular weight is 373 g/mol. The maximum Gasteiger partial charge on any atom is 0.459 e. The van der Waals surface area contributed by atoms with Crippen molar-refractivity contribution < 1.29 is 33.0 Å². The molecular formula is C16H24NO7P. The lowest BCUT2D eigenvalue weighted by Gasteiger charge is -2.24. The Morgan fingerprint density at radius 1 is 1.44 bits per heavy atom. The van der Waals surface area contributed by atoms with Gasteiger partial charge in [-0.1, -0.05) is 18.2 Å². The van der Waals surface area contributed by atoms with Crippen LogP contribution in [0.5, 0.6) is 5.75 Å². The molecule has 1 aliphatic rings. The van der Waals surface area contributed by atoms with E-state index in [1.807, 2.05) is 0 Å². The molecule has 0 aliphatic carbocycles. The number of nitrogens with one attached hydrogen (secondary N) is 1. The molecule has 2 N–H and O–H groups in total. The van der Waals surface area contributed by atoms with Gasteiger partial charge in [-0.3, -0.25) is 9.32 Å². The number of carbonyl (C=O) groups excluding carboxylic acids is 1. The van der Waals surface area contributed by atoms with Gasteiger partial charge in [-0.15, -0.1) is 0 Å². The summed E-state index contributed by atoms with van der Waals surface area (Å²) in [4.78, 5) is 11.8. The Hall–Kier alpha value is -1.44. The van der Waals surface area contributed by atoms with Crippen LogP contribution in [-0.4, -0.2) is 49.1 Å². The number of carbonyl (C=O) groups is 1. The van der Waals surface area contributed by atoms with Crippen LogP contribution in [0.25, 0.3) is 0 Å². The van der Waals surface area contributed by atoms with E-state index in [4.69, 9.17) is 18.5 Å². The molecule has 1 aromatic carbocycles. The molecule has 0 bridgehead atoms. The molecule has 25 heavy (non-hydrogen) atoms. The molecule has 140 valence electrons. The lowest BCUT2D eigenvalue weighted by Crippen LogP contribution is -2.36. The molecule has 1 aliphatic heterocycles. The highest BCUT2D eigenvalue weighted by Gasteiger charge is 2.35. The normalized spacial score (nSPS) is 23.6. The number of aliphatic hydroxyl groups excluding tert-OH is 1. The predicted molar refractivity (Wildman–Crippen MR) is 90.2 cm³/mol. The Bertz CT molecular complexity index is 597. The van der Waals surface area contributed by atoms with Crippen molar-refractivity contribution in [2.45, 2.75) is 38.5 Å². The highest BCUT2D eigenvalue weighted by molar-refractivity contribution is 7.52. The first kappa shape index (κ1) is 19.9. The smallest absolute Gasteiger partial charge is 0.459 e. The fraction of sp³-hybridized carbons (Fsp3) is 0.562. The lowest BCUT2D eigenvalue weighted by atomic mass is 10.2. The third-order valence-electron chi connectivity index (χ3n) is 3.54. The predicted octanol–water partition coefficient (Wildman–Crippen LogP) is 1.88. The van der Waals surface area contributed by atoms with Gasteiger partial charge in [0, 0.05) is 6.61 Å². The van der Waals surface area contributed by atoms with Gasteiger partial charge in [0.15, 0.2) is 0 Å². The van der Waals surface area contributed by atoms with Gasteiger partial charge in [0.2, 0.25) is 0 Å². The van der Waals surface area contributed by atoms with Gasteiger partial charge in [-0.2, -0.15) is 5.09 Å². The summed E-state index contributed by atoms with van der Waals surface area (Å²) in [6.45, 7) is 3.67. The van der Waals surface area contributed by atoms with E-state index < -0.39 is 32.0 Å². The molecule has 2 unspecified atom stereocenters. The molecule has 0 spiro atoms. The number of esters is 1. The number of hydrogen-bond donors (Lipinski definition) is 2. The summed E-state index contributed by atoms with van der Waals surface area (Å²) in [5.41, 5.74) is 0. The topological polar surface area (TPSA) is 103 Å². The van der Waals surface area contributed by atoms with E-state index in [1.54, 1.807) is 37.3 Å². The standard InChI is InChI=1S/C16H24NO7P/c1-3-21-16(19)12(2)17-25(20,24-13-7-5-4-6-8-13)23-11-15-14(18)9-10-22-15/h4-8,12,14-15,18H,3,9-11H2,1-2H3,(H,17,20)/t12-,14?,15+,25?/m0/s1. The lowest BCUT2D eigenvalue weighted by molar-refractivity contribution is -0.144. The first-order chi connectivity index (χ1) is 11.9. The summed E-state index contributed by atoms with van der Waals surface area (Å²) in [6.07, 6.45) is -0.787. The molecule has 8 nitrogen and oxygen atoms in total. The van der Waals surface area contributed by atoms with Crippen LogP contribution >= 0.6 is 7.75 Å². The summed E-state index contributed by atoms with van der Waals surface area (Å²) < 4.78 is 34.2. The second-order valence-electron chi connectivity index (χ2n) is 5.57. The number of hydrogen-bond acceptors (Lipinski definition) is 7. The molecule has 0 radical (unpaired) electrons. The van der Waals surface area contributed by atoms with Gasteiger partial charge in [-0.25, -0.2) is 4.57 Å². The molecule has 1 aromatic rings. The zero-order valence-corrected chi connectivity index (χ0v) is 15.2. The van der Waals surface area contributed by atoms with E-state index in [0.29, 0.717) is 18.8 Å². The van der Waals surface area contributed by atoms with E-state index in [0.717, 1.165) is 0 Å². The molecular weight excluding hydrogens is 349 g/mol. The van der Waals surface area contributed by atoms with Gasteiger partial charge in [0.25, 0.3) is 0 Å². The van der Waals surface area contributed by atoms with Crippen molar-refractivity contribution in [2.24, 2.45) is 0 Å². The summed E-state index contributed by atoms with van der Waals surface area (Å²) in [5, 5.41) is 12.4. The zero-order valence-electron chi connectivity index (χ0n) is 14.3. The van der Waals surface area contributed by atoms with Crippen molar-refractivity contribution >= 4 is 13.7 Å². The number of aliphatic hydroxyl groups is 1. The Morgan fingerprint density at radius 2 is 2.16 bits per heavy atom. The molecule has 1 saturated heterocycles. The minimum atomic E-state index is -3.90. The van der Waals surface area contributed by atoms with Crippen LogP contribution in [0.4, 0.5) is 0 Å². The fourth-order valence-electron chi connectivity index (χ4n) is 2.24. The molecule has 0 saturated carbocycles. The van der Waals surface area contributed by atoms with Gasteiger partial charge < -0.3 is 19.1 Å². The quantitative estimate of drug-likeness (QED) is 0.500. The summed E-state index contributed by atoms with van der Waals surface area (Å²) in [6, 6.07) is 7.57. The zero-order chi connectivity index (χ0) is 18.3. The summed E-state index contributed by atoms with van der Waals surface area (Å²) >= 11 is 0. The van der Waals surface area contributed by atoms with Crippen LogP contribution in [0.15, 0.2) is 30.3 Å². The third-order valence-corrected chi connectivity index (χ3v) is 5.19. The van der Waals surface area contributed by atoms with E-state index in [-0.39, 0.29) is 13.2 Å². The van der Waals surface area contributed by atoms with Crippen molar-refractivity contribution in [1.82, 2.24) is 5.09 Å². The minimum absolute atomic E-state index is 0.131. The van der Waals surface area contributed by atoms with Crippen LogP contribution in [0.3, 0.4) is 0 Å². The Kier molecular flexibility index (Phi) is 7.40. The Balaban J connectivity index is 2.06. The van der Waals surface area contributed by atoms with E-state index in [1.165, 1.54) is 6.92 Å². The maximum absolute atomic E-state index is 13.1. The highest BCUT2D eigenvalue weighted by atomic mass is 31.2. The third kappa shape index (κ3) is 6.09. The number of rotatable bonds is 9. The first-order valence-corrected chi connectivity index (χ1v) is 9.71. The molecule has 4 atom stereocenters. The summed E-state index contributed by atoms with van der Waals surface area (Å²) in [7, 11) is -3.90. The van der Waals surface area contributed by atoms with Crippen molar-refractivity contribution in [3.05, 3.63) is 30.3 Å². The second-order valence-corrected chi connectivity index (χ2v) is 7.26. The molecule has 9 heteroatoms. The maximum atomic E-state index is 13.1. The number of para-hydroxylation sites is 1. The average Bonchev–Trinajstić information content (AvgIpc) is 2.99. The van der Waals surface area contributed by atoms with E-state index in [9.17, 15) is 14.5 Å². The van der Waals surface area contributed by atoms with Crippen molar-refractivity contribution in [1.29, 1.82) is 0 Å². The molecule has 2 rings (SSSR count). The van der Waals surface area contributed by atoms with Crippen molar-refractivity contribution in [3.63, 3.8) is 0 Å². The van der Waals surface area contributed by atoms with Crippen molar-refractivity contribution in [2.75, 3.05) is 19.8 Å². The largest absolute Gasteiger partial charge is 0.465 e. The van der Waals surface area contributed by atoms with E-state index in [2.05, 4.69) is 5.09 Å².